The normalized spacial score (nSPS) is 16.1. The molecule has 176 valence electrons. The predicted octanol–water partition coefficient (Wildman–Crippen LogP) is 4.95. The number of benzene rings is 2. The molecule has 1 aliphatic rings. The number of alkyl halides is 3. The molecular weight excluding hydrogens is 436 g/mol. The van der Waals surface area contributed by atoms with Crippen molar-refractivity contribution in [1.29, 1.82) is 0 Å². The third kappa shape index (κ3) is 6.66. The minimum Gasteiger partial charge on any atom is -0.377 e. The van der Waals surface area contributed by atoms with Gasteiger partial charge in [0.2, 0.25) is 5.91 Å². The van der Waals surface area contributed by atoms with Crippen molar-refractivity contribution in [3.05, 3.63) is 83.3 Å². The molecule has 2 aromatic rings. The molecule has 1 heterocycles. The maximum absolute atomic E-state index is 13.9. The second-order valence-corrected chi connectivity index (χ2v) is 8.08. The van der Waals surface area contributed by atoms with Crippen LogP contribution < -0.4 is 5.32 Å². The SMILES string of the molecule is CCc1ccc(C(NC(=O)C2CCN(C=CC(=O)C(F)(F)F)CC2)c2cccc(F)c2)cc1. The van der Waals surface area contributed by atoms with Crippen molar-refractivity contribution in [3.63, 3.8) is 0 Å². The molecule has 0 spiro atoms. The van der Waals surface area contributed by atoms with E-state index in [0.29, 0.717) is 37.6 Å². The summed E-state index contributed by atoms with van der Waals surface area (Å²) in [5.74, 6) is -2.84. The molecule has 0 aliphatic carbocycles. The Kier molecular flexibility index (Phi) is 7.89. The predicted molar refractivity (Wildman–Crippen MR) is 117 cm³/mol. The molecule has 8 heteroatoms. The molecule has 0 aromatic heterocycles. The molecule has 0 bridgehead atoms. The van der Waals surface area contributed by atoms with Gasteiger partial charge in [0.05, 0.1) is 6.04 Å². The van der Waals surface area contributed by atoms with Gasteiger partial charge in [-0.2, -0.15) is 13.2 Å². The average molecular weight is 462 g/mol. The summed E-state index contributed by atoms with van der Waals surface area (Å²) in [5.41, 5.74) is 2.60. The van der Waals surface area contributed by atoms with E-state index in [2.05, 4.69) is 5.32 Å². The molecule has 3 rings (SSSR count). The van der Waals surface area contributed by atoms with Gasteiger partial charge in [-0.15, -0.1) is 0 Å². The summed E-state index contributed by atoms with van der Waals surface area (Å²) < 4.78 is 50.9. The summed E-state index contributed by atoms with van der Waals surface area (Å²) in [4.78, 5) is 25.6. The van der Waals surface area contributed by atoms with Crippen molar-refractivity contribution in [2.45, 2.75) is 38.4 Å². The first kappa shape index (κ1) is 24.5. The van der Waals surface area contributed by atoms with Crippen LogP contribution in [0.3, 0.4) is 0 Å². The number of aryl methyl sites for hydroxylation is 1. The molecule has 1 amide bonds. The fourth-order valence-corrected chi connectivity index (χ4v) is 3.83. The Labute approximate surface area is 190 Å². The average Bonchev–Trinajstić information content (AvgIpc) is 2.80. The highest BCUT2D eigenvalue weighted by Gasteiger charge is 2.36. The van der Waals surface area contributed by atoms with Crippen LogP contribution in [-0.4, -0.2) is 35.9 Å². The fourth-order valence-electron chi connectivity index (χ4n) is 3.83. The van der Waals surface area contributed by atoms with Crippen molar-refractivity contribution in [2.75, 3.05) is 13.1 Å². The quantitative estimate of drug-likeness (QED) is 0.468. The van der Waals surface area contributed by atoms with E-state index >= 15 is 0 Å². The van der Waals surface area contributed by atoms with Crippen LogP contribution in [0.2, 0.25) is 0 Å². The van der Waals surface area contributed by atoms with Crippen LogP contribution in [-0.2, 0) is 16.0 Å². The van der Waals surface area contributed by atoms with Gasteiger partial charge >= 0.3 is 6.18 Å². The number of ketones is 1. The summed E-state index contributed by atoms with van der Waals surface area (Å²) >= 11 is 0. The molecule has 1 fully saturated rings. The molecule has 33 heavy (non-hydrogen) atoms. The van der Waals surface area contributed by atoms with Crippen LogP contribution in [0.5, 0.6) is 0 Å². The lowest BCUT2D eigenvalue weighted by Crippen LogP contribution is -2.40. The summed E-state index contributed by atoms with van der Waals surface area (Å²) in [6, 6.07) is 13.3. The Morgan fingerprint density at radius 1 is 1.09 bits per heavy atom. The highest BCUT2D eigenvalue weighted by Crippen LogP contribution is 2.26. The topological polar surface area (TPSA) is 49.4 Å². The van der Waals surface area contributed by atoms with E-state index < -0.39 is 23.8 Å². The van der Waals surface area contributed by atoms with Crippen LogP contribution in [0.25, 0.3) is 0 Å². The number of likely N-dealkylation sites (tertiary alicyclic amines) is 1. The number of piperidine rings is 1. The van der Waals surface area contributed by atoms with Crippen LogP contribution >= 0.6 is 0 Å². The summed E-state index contributed by atoms with van der Waals surface area (Å²) in [6.07, 6.45) is -1.51. The number of nitrogens with zero attached hydrogens (tertiary/aromatic N) is 1. The highest BCUT2D eigenvalue weighted by molar-refractivity contribution is 5.94. The second-order valence-electron chi connectivity index (χ2n) is 8.08. The van der Waals surface area contributed by atoms with Crippen molar-refractivity contribution in [3.8, 4) is 0 Å². The Morgan fingerprint density at radius 3 is 2.33 bits per heavy atom. The van der Waals surface area contributed by atoms with Gasteiger partial charge in [-0.25, -0.2) is 4.39 Å². The Hall–Kier alpha value is -3.16. The van der Waals surface area contributed by atoms with E-state index in [1.165, 1.54) is 12.1 Å². The maximum Gasteiger partial charge on any atom is 0.454 e. The molecule has 2 aromatic carbocycles. The molecule has 1 N–H and O–H groups in total. The molecule has 1 atom stereocenters. The van der Waals surface area contributed by atoms with E-state index in [0.717, 1.165) is 23.7 Å². The number of amides is 1. The van der Waals surface area contributed by atoms with Crippen LogP contribution in [0.15, 0.2) is 60.8 Å². The van der Waals surface area contributed by atoms with E-state index in [9.17, 15) is 27.2 Å². The molecule has 4 nitrogen and oxygen atoms in total. The van der Waals surface area contributed by atoms with E-state index in [1.807, 2.05) is 31.2 Å². The third-order valence-electron chi connectivity index (χ3n) is 5.81. The van der Waals surface area contributed by atoms with Gasteiger partial charge in [0.15, 0.2) is 0 Å². The number of carbonyl (C=O) groups excluding carboxylic acids is 2. The van der Waals surface area contributed by atoms with Crippen molar-refractivity contribution in [1.82, 2.24) is 10.2 Å². The molecule has 0 saturated carbocycles. The first-order valence-electron chi connectivity index (χ1n) is 10.9. The minimum atomic E-state index is -4.89. The van der Waals surface area contributed by atoms with Crippen LogP contribution in [0, 0.1) is 11.7 Å². The van der Waals surface area contributed by atoms with Crippen molar-refractivity contribution in [2.24, 2.45) is 5.92 Å². The van der Waals surface area contributed by atoms with Gasteiger partial charge in [0.25, 0.3) is 5.78 Å². The monoisotopic (exact) mass is 462 g/mol. The van der Waals surface area contributed by atoms with Gasteiger partial charge < -0.3 is 10.2 Å². The second kappa shape index (κ2) is 10.6. The first-order valence-corrected chi connectivity index (χ1v) is 10.9. The summed E-state index contributed by atoms with van der Waals surface area (Å²) in [6.45, 7) is 2.76. The van der Waals surface area contributed by atoms with Gasteiger partial charge in [0.1, 0.15) is 5.82 Å². The molecule has 1 unspecified atom stereocenters. The van der Waals surface area contributed by atoms with E-state index in [1.54, 1.807) is 17.0 Å². The number of allylic oxidation sites excluding steroid dienone is 1. The van der Waals surface area contributed by atoms with Crippen LogP contribution in [0.4, 0.5) is 17.6 Å². The van der Waals surface area contributed by atoms with E-state index in [4.69, 9.17) is 0 Å². The number of halogens is 4. The van der Waals surface area contributed by atoms with Crippen LogP contribution in [0.1, 0.15) is 42.5 Å². The molecular formula is C25H26F4N2O2. The Balaban J connectivity index is 1.67. The van der Waals surface area contributed by atoms with Gasteiger partial charge in [-0.3, -0.25) is 9.59 Å². The smallest absolute Gasteiger partial charge is 0.377 e. The van der Waals surface area contributed by atoms with Gasteiger partial charge in [0, 0.05) is 31.3 Å². The number of nitrogens with one attached hydrogen (secondary N) is 1. The lowest BCUT2D eigenvalue weighted by atomic mass is 9.93. The van der Waals surface area contributed by atoms with Gasteiger partial charge in [-0.05, 0) is 48.1 Å². The highest BCUT2D eigenvalue weighted by atomic mass is 19.4. The zero-order valence-corrected chi connectivity index (χ0v) is 18.2. The first-order chi connectivity index (χ1) is 15.7. The molecule has 0 radical (unpaired) electrons. The minimum absolute atomic E-state index is 0.196. The fraction of sp³-hybridized carbons (Fsp3) is 0.360. The Bertz CT molecular complexity index is 994. The molecule has 1 aliphatic heterocycles. The zero-order chi connectivity index (χ0) is 24.0. The number of hydrogen-bond donors (Lipinski definition) is 1. The summed E-state index contributed by atoms with van der Waals surface area (Å²) in [7, 11) is 0. The number of carbonyl (C=O) groups is 2. The maximum atomic E-state index is 13.9. The zero-order valence-electron chi connectivity index (χ0n) is 18.2. The number of hydrogen-bond acceptors (Lipinski definition) is 3. The van der Waals surface area contributed by atoms with E-state index in [-0.39, 0.29) is 11.8 Å². The lowest BCUT2D eigenvalue weighted by Gasteiger charge is -2.31. The Morgan fingerprint density at radius 2 is 1.76 bits per heavy atom. The lowest BCUT2D eigenvalue weighted by molar-refractivity contribution is -0.165. The number of rotatable bonds is 7. The summed E-state index contributed by atoms with van der Waals surface area (Å²) in [5, 5.41) is 3.02. The van der Waals surface area contributed by atoms with Crippen molar-refractivity contribution >= 4 is 11.7 Å². The third-order valence-corrected chi connectivity index (χ3v) is 5.81. The van der Waals surface area contributed by atoms with Gasteiger partial charge in [-0.1, -0.05) is 43.3 Å². The standard InChI is InChI=1S/C25H26F4N2O2/c1-2-17-6-8-18(9-7-17)23(20-4-3-5-21(26)16-20)30-24(33)19-10-13-31(14-11-19)15-12-22(32)25(27,28)29/h3-9,12,15-16,19,23H,2,10-11,13-14H2,1H3,(H,30,33). The van der Waals surface area contributed by atoms with Crippen molar-refractivity contribution < 1.29 is 27.2 Å². The largest absolute Gasteiger partial charge is 0.454 e. The molecule has 1 saturated heterocycles.